The largest absolute Gasteiger partial charge is 0.495 e. The Labute approximate surface area is 181 Å². The highest BCUT2D eigenvalue weighted by atomic mass is 16.5. The Bertz CT molecular complexity index is 1080. The van der Waals surface area contributed by atoms with Gasteiger partial charge in [-0.2, -0.15) is 5.26 Å². The van der Waals surface area contributed by atoms with E-state index in [-0.39, 0.29) is 11.9 Å². The number of nitrogens with zero attached hydrogens (tertiary/aromatic N) is 2. The molecule has 0 bridgehead atoms. The van der Waals surface area contributed by atoms with Crippen molar-refractivity contribution >= 4 is 18.0 Å². The predicted molar refractivity (Wildman–Crippen MR) is 115 cm³/mol. The minimum Gasteiger partial charge on any atom is -0.495 e. The Morgan fingerprint density at radius 1 is 1.26 bits per heavy atom. The average Bonchev–Trinajstić information content (AvgIpc) is 3.18. The van der Waals surface area contributed by atoms with Crippen molar-refractivity contribution in [1.82, 2.24) is 4.90 Å². The summed E-state index contributed by atoms with van der Waals surface area (Å²) in [6.07, 6.45) is 6.44. The SMILES string of the molecule is COc1cc(CC(=O)N2CCC(C=Cc3ccc4c(c3)COC4=O)CC2)ccc1C#N. The summed E-state index contributed by atoms with van der Waals surface area (Å²) >= 11 is 0. The van der Waals surface area contributed by atoms with E-state index in [4.69, 9.17) is 14.7 Å². The number of rotatable bonds is 5. The zero-order valence-corrected chi connectivity index (χ0v) is 17.5. The second-order valence-corrected chi connectivity index (χ2v) is 7.89. The Hall–Kier alpha value is -3.59. The third-order valence-corrected chi connectivity index (χ3v) is 5.90. The quantitative estimate of drug-likeness (QED) is 0.694. The maximum Gasteiger partial charge on any atom is 0.338 e. The fourth-order valence-electron chi connectivity index (χ4n) is 4.07. The van der Waals surface area contributed by atoms with Crippen molar-refractivity contribution in [3.8, 4) is 11.8 Å². The van der Waals surface area contributed by atoms with Crippen molar-refractivity contribution in [3.63, 3.8) is 0 Å². The zero-order chi connectivity index (χ0) is 21.8. The van der Waals surface area contributed by atoms with E-state index in [9.17, 15) is 9.59 Å². The maximum absolute atomic E-state index is 12.7. The molecule has 0 N–H and O–H groups in total. The van der Waals surface area contributed by atoms with Gasteiger partial charge in [-0.3, -0.25) is 4.79 Å². The highest BCUT2D eigenvalue weighted by molar-refractivity contribution is 5.93. The van der Waals surface area contributed by atoms with Gasteiger partial charge in [0.05, 0.1) is 24.7 Å². The van der Waals surface area contributed by atoms with Crippen molar-refractivity contribution in [3.05, 3.63) is 70.3 Å². The molecule has 0 spiro atoms. The smallest absolute Gasteiger partial charge is 0.338 e. The average molecular weight is 416 g/mol. The number of likely N-dealkylation sites (tertiary alicyclic amines) is 1. The number of cyclic esters (lactones) is 1. The molecular formula is C25H24N2O4. The number of ether oxygens (including phenoxy) is 2. The lowest BCUT2D eigenvalue weighted by atomic mass is 9.94. The standard InChI is InChI=1S/C25H24N2O4/c1-30-23-13-19(4-6-20(23)15-26)14-24(28)27-10-8-17(9-11-27)2-3-18-5-7-22-21(12-18)16-31-25(22)29/h2-7,12-13,17H,8-11,14,16H2,1H3. The van der Waals surface area contributed by atoms with Crippen molar-refractivity contribution in [1.29, 1.82) is 5.26 Å². The lowest BCUT2D eigenvalue weighted by Crippen LogP contribution is -2.39. The van der Waals surface area contributed by atoms with Crippen LogP contribution in [0.25, 0.3) is 6.08 Å². The molecule has 2 aromatic carbocycles. The molecule has 31 heavy (non-hydrogen) atoms. The number of nitriles is 1. The van der Waals surface area contributed by atoms with Crippen LogP contribution in [0, 0.1) is 17.2 Å². The fourth-order valence-corrected chi connectivity index (χ4v) is 4.07. The Morgan fingerprint density at radius 2 is 2.06 bits per heavy atom. The van der Waals surface area contributed by atoms with Crippen LogP contribution in [0.5, 0.6) is 5.75 Å². The molecule has 0 aliphatic carbocycles. The summed E-state index contributed by atoms with van der Waals surface area (Å²) < 4.78 is 10.3. The molecule has 0 radical (unpaired) electrons. The molecule has 1 amide bonds. The number of allylic oxidation sites excluding steroid dienone is 1. The highest BCUT2D eigenvalue weighted by Gasteiger charge is 2.23. The van der Waals surface area contributed by atoms with Gasteiger partial charge in [0.1, 0.15) is 18.4 Å². The van der Waals surface area contributed by atoms with Crippen LogP contribution in [0.4, 0.5) is 0 Å². The fraction of sp³-hybridized carbons (Fsp3) is 0.320. The van der Waals surface area contributed by atoms with Gasteiger partial charge in [-0.1, -0.05) is 24.3 Å². The molecule has 2 aromatic rings. The van der Waals surface area contributed by atoms with E-state index < -0.39 is 0 Å². The van der Waals surface area contributed by atoms with Crippen LogP contribution in [-0.4, -0.2) is 37.0 Å². The van der Waals surface area contributed by atoms with Crippen LogP contribution < -0.4 is 4.74 Å². The van der Waals surface area contributed by atoms with Gasteiger partial charge in [0.2, 0.25) is 5.91 Å². The molecule has 0 aromatic heterocycles. The summed E-state index contributed by atoms with van der Waals surface area (Å²) in [7, 11) is 1.52. The molecule has 4 rings (SSSR count). The van der Waals surface area contributed by atoms with Crippen LogP contribution in [0.1, 0.15) is 45.5 Å². The Morgan fingerprint density at radius 3 is 2.81 bits per heavy atom. The van der Waals surface area contributed by atoms with E-state index in [0.29, 0.717) is 35.8 Å². The van der Waals surface area contributed by atoms with E-state index >= 15 is 0 Å². The van der Waals surface area contributed by atoms with Gasteiger partial charge in [0, 0.05) is 18.7 Å². The molecular weight excluding hydrogens is 392 g/mol. The first kappa shape index (κ1) is 20.7. The molecule has 2 aliphatic rings. The van der Waals surface area contributed by atoms with Gasteiger partial charge in [0.15, 0.2) is 0 Å². The number of piperidine rings is 1. The van der Waals surface area contributed by atoms with E-state index in [2.05, 4.69) is 18.2 Å². The van der Waals surface area contributed by atoms with Crippen LogP contribution in [0.2, 0.25) is 0 Å². The summed E-state index contributed by atoms with van der Waals surface area (Å²) in [4.78, 5) is 26.2. The third-order valence-electron chi connectivity index (χ3n) is 5.90. The predicted octanol–water partition coefficient (Wildman–Crippen LogP) is 3.73. The number of benzene rings is 2. The van der Waals surface area contributed by atoms with Gasteiger partial charge in [-0.25, -0.2) is 4.79 Å². The summed E-state index contributed by atoms with van der Waals surface area (Å²) in [6, 6.07) is 13.1. The lowest BCUT2D eigenvalue weighted by molar-refractivity contribution is -0.131. The van der Waals surface area contributed by atoms with Crippen LogP contribution >= 0.6 is 0 Å². The number of carbonyl (C=O) groups is 2. The number of carbonyl (C=O) groups excluding carboxylic acids is 2. The van der Waals surface area contributed by atoms with E-state index in [1.54, 1.807) is 12.1 Å². The third kappa shape index (κ3) is 4.61. The van der Waals surface area contributed by atoms with Gasteiger partial charge in [-0.05, 0) is 54.2 Å². The Kier molecular flexibility index (Phi) is 6.03. The molecule has 0 saturated carbocycles. The van der Waals surface area contributed by atoms with E-state index in [1.165, 1.54) is 7.11 Å². The minimum atomic E-state index is -0.248. The van der Waals surface area contributed by atoms with Crippen molar-refractivity contribution in [2.45, 2.75) is 25.9 Å². The van der Waals surface area contributed by atoms with Crippen molar-refractivity contribution in [2.75, 3.05) is 20.2 Å². The van der Waals surface area contributed by atoms with Crippen LogP contribution in [-0.2, 0) is 22.6 Å². The Balaban J connectivity index is 1.30. The number of amides is 1. The minimum absolute atomic E-state index is 0.0949. The lowest BCUT2D eigenvalue weighted by Gasteiger charge is -2.31. The maximum atomic E-state index is 12.7. The summed E-state index contributed by atoms with van der Waals surface area (Å²) in [5.41, 5.74) is 3.97. The first-order chi connectivity index (χ1) is 15.1. The van der Waals surface area contributed by atoms with Gasteiger partial charge in [0.25, 0.3) is 0 Å². The van der Waals surface area contributed by atoms with Gasteiger partial charge in [-0.15, -0.1) is 0 Å². The molecule has 2 heterocycles. The molecule has 6 nitrogen and oxygen atoms in total. The van der Waals surface area contributed by atoms with Gasteiger partial charge >= 0.3 is 5.97 Å². The normalized spacial score (nSPS) is 16.1. The second kappa shape index (κ2) is 9.05. The van der Waals surface area contributed by atoms with E-state index in [1.807, 2.05) is 29.2 Å². The van der Waals surface area contributed by atoms with Crippen molar-refractivity contribution < 1.29 is 19.1 Å². The number of fused-ring (bicyclic) bond motifs is 1. The number of hydrogen-bond donors (Lipinski definition) is 0. The number of methoxy groups -OCH3 is 1. The topological polar surface area (TPSA) is 79.6 Å². The van der Waals surface area contributed by atoms with Crippen LogP contribution in [0.3, 0.4) is 0 Å². The molecule has 158 valence electrons. The van der Waals surface area contributed by atoms with Crippen LogP contribution in [0.15, 0.2) is 42.5 Å². The molecule has 0 unspecified atom stereocenters. The molecule has 0 atom stereocenters. The first-order valence-corrected chi connectivity index (χ1v) is 10.4. The summed E-state index contributed by atoms with van der Waals surface area (Å²) in [5, 5.41) is 9.09. The highest BCUT2D eigenvalue weighted by Crippen LogP contribution is 2.25. The monoisotopic (exact) mass is 416 g/mol. The zero-order valence-electron chi connectivity index (χ0n) is 17.5. The van der Waals surface area contributed by atoms with Gasteiger partial charge < -0.3 is 14.4 Å². The molecule has 1 fully saturated rings. The second-order valence-electron chi connectivity index (χ2n) is 7.89. The number of hydrogen-bond acceptors (Lipinski definition) is 5. The van der Waals surface area contributed by atoms with E-state index in [0.717, 1.165) is 42.6 Å². The molecule has 6 heteroatoms. The van der Waals surface area contributed by atoms with Crippen molar-refractivity contribution in [2.24, 2.45) is 5.92 Å². The number of esters is 1. The molecule has 1 saturated heterocycles. The first-order valence-electron chi connectivity index (χ1n) is 10.4. The summed E-state index contributed by atoms with van der Waals surface area (Å²) in [5.74, 6) is 0.767. The summed E-state index contributed by atoms with van der Waals surface area (Å²) in [6.45, 7) is 1.81. The molecule has 2 aliphatic heterocycles.